The van der Waals surface area contributed by atoms with Crippen LogP contribution in [0, 0.1) is 0 Å². The minimum absolute atomic E-state index is 0.111. The van der Waals surface area contributed by atoms with E-state index in [4.69, 9.17) is 9.84 Å². The molecule has 156 valence electrons. The molecule has 0 amide bonds. The number of unbranched alkanes of at least 4 members (excludes halogenated alkanes) is 11. The van der Waals surface area contributed by atoms with E-state index >= 15 is 0 Å². The van der Waals surface area contributed by atoms with Crippen molar-refractivity contribution >= 4 is 5.97 Å². The number of aliphatic carboxylic acids is 1. The number of ether oxygens (including phenoxy) is 1. The number of aromatic nitrogens is 3. The smallest absolute Gasteiger partial charge is 0.303 e. The fraction of sp³-hybridized carbons (Fsp3) is 0.850. The molecule has 0 aliphatic carbocycles. The molecule has 0 atom stereocenters. The third kappa shape index (κ3) is 14.3. The van der Waals surface area contributed by atoms with Crippen LogP contribution in [0.25, 0.3) is 0 Å². The van der Waals surface area contributed by atoms with Crippen LogP contribution >= 0.6 is 0 Å². The van der Waals surface area contributed by atoms with Crippen molar-refractivity contribution in [3.8, 4) is 0 Å². The Hall–Kier alpha value is -1.50. The van der Waals surface area contributed by atoms with Crippen molar-refractivity contribution in [2.75, 3.05) is 13.3 Å². The van der Waals surface area contributed by atoms with Crippen LogP contribution in [0.3, 0.4) is 0 Å². The van der Waals surface area contributed by atoms with Gasteiger partial charge in [0.2, 0.25) is 0 Å². The largest absolute Gasteiger partial charge is 0.481 e. The minimum atomic E-state index is -0.680. The van der Waals surface area contributed by atoms with Crippen molar-refractivity contribution in [3.05, 3.63) is 11.9 Å². The van der Waals surface area contributed by atoms with Crippen molar-refractivity contribution < 1.29 is 19.0 Å². The van der Waals surface area contributed by atoms with Gasteiger partial charge in [-0.15, -0.1) is 5.10 Å². The van der Waals surface area contributed by atoms with Crippen molar-refractivity contribution in [2.24, 2.45) is 0 Å². The van der Waals surface area contributed by atoms with Gasteiger partial charge in [0.1, 0.15) is 12.4 Å². The summed E-state index contributed by atoms with van der Waals surface area (Å²) in [6.07, 6.45) is 16.5. The lowest BCUT2D eigenvalue weighted by atomic mass is 10.0. The normalized spacial score (nSPS) is 11.1. The number of halogens is 1. The van der Waals surface area contributed by atoms with Gasteiger partial charge in [-0.05, 0) is 12.8 Å². The molecular weight excluding hydrogens is 348 g/mol. The lowest BCUT2D eigenvalue weighted by molar-refractivity contribution is -0.137. The van der Waals surface area contributed by atoms with Crippen LogP contribution in [0.5, 0.6) is 0 Å². The van der Waals surface area contributed by atoms with Gasteiger partial charge in [-0.1, -0.05) is 69.4 Å². The highest BCUT2D eigenvalue weighted by molar-refractivity contribution is 5.66. The quantitative estimate of drug-likeness (QED) is 0.343. The van der Waals surface area contributed by atoms with Crippen LogP contribution in [-0.4, -0.2) is 39.4 Å². The van der Waals surface area contributed by atoms with Crippen molar-refractivity contribution in [1.29, 1.82) is 0 Å². The third-order valence-electron chi connectivity index (χ3n) is 4.59. The Labute approximate surface area is 162 Å². The fourth-order valence-corrected chi connectivity index (χ4v) is 3.06. The first-order valence-corrected chi connectivity index (χ1v) is 10.5. The standard InChI is InChI=1S/C20H36FN3O3/c21-14-16-27-18-19-17-24(23-22-19)15-12-10-8-6-4-2-1-3-5-7-9-11-13-20(25)26/h17H,1-16,18H2,(H,25,26)/i21-1. The summed E-state index contributed by atoms with van der Waals surface area (Å²) in [6, 6.07) is 0. The Kier molecular flexibility index (Phi) is 14.5. The van der Waals surface area contributed by atoms with Crippen molar-refractivity contribution in [2.45, 2.75) is 96.6 Å². The zero-order chi connectivity index (χ0) is 19.6. The van der Waals surface area contributed by atoms with E-state index in [1.807, 2.05) is 10.9 Å². The highest BCUT2D eigenvalue weighted by Crippen LogP contribution is 2.12. The predicted molar refractivity (Wildman–Crippen MR) is 103 cm³/mol. The Morgan fingerprint density at radius 1 is 0.963 bits per heavy atom. The number of carboxylic acids is 1. The van der Waals surface area contributed by atoms with Gasteiger partial charge >= 0.3 is 5.97 Å². The van der Waals surface area contributed by atoms with Gasteiger partial charge in [-0.3, -0.25) is 9.48 Å². The fourth-order valence-electron chi connectivity index (χ4n) is 3.06. The molecule has 0 aromatic carbocycles. The summed E-state index contributed by atoms with van der Waals surface area (Å²) < 4.78 is 18.9. The number of rotatable bonds is 19. The molecule has 0 aliphatic heterocycles. The molecule has 0 fully saturated rings. The first kappa shape index (κ1) is 23.5. The molecule has 27 heavy (non-hydrogen) atoms. The average Bonchev–Trinajstić information content (AvgIpc) is 3.09. The van der Waals surface area contributed by atoms with Gasteiger partial charge in [-0.25, -0.2) is 4.39 Å². The highest BCUT2D eigenvalue weighted by Gasteiger charge is 2.01. The molecule has 7 heteroatoms. The van der Waals surface area contributed by atoms with Gasteiger partial charge < -0.3 is 9.84 Å². The minimum Gasteiger partial charge on any atom is -0.481 e. The van der Waals surface area contributed by atoms with Gasteiger partial charge in [0, 0.05) is 13.0 Å². The summed E-state index contributed by atoms with van der Waals surface area (Å²) in [7, 11) is 0. The van der Waals surface area contributed by atoms with E-state index < -0.39 is 12.6 Å². The maximum Gasteiger partial charge on any atom is 0.303 e. The summed E-state index contributed by atoms with van der Waals surface area (Å²) >= 11 is 0. The van der Waals surface area contributed by atoms with E-state index in [0.29, 0.717) is 13.0 Å². The molecule has 1 aromatic heterocycles. The molecule has 1 N–H and O–H groups in total. The molecule has 1 aromatic rings. The maximum absolute atomic E-state index is 12.0. The molecule has 1 rings (SSSR count). The van der Waals surface area contributed by atoms with E-state index in [1.165, 1.54) is 57.8 Å². The van der Waals surface area contributed by atoms with Crippen LogP contribution in [-0.2, 0) is 22.7 Å². The summed E-state index contributed by atoms with van der Waals surface area (Å²) in [5, 5.41) is 16.6. The number of alkyl halides is 1. The summed E-state index contributed by atoms with van der Waals surface area (Å²) in [4.78, 5) is 10.4. The van der Waals surface area contributed by atoms with Crippen LogP contribution in [0.4, 0.5) is 4.39 Å². The Bertz CT molecular complexity index is 483. The lowest BCUT2D eigenvalue weighted by Crippen LogP contribution is -1.99. The molecule has 1 heterocycles. The molecular formula is C20H36FN3O3. The predicted octanol–water partition coefficient (Wildman–Crippen LogP) is 4.92. The SMILES string of the molecule is O=C(O)CCCCCCCCCCCCCCn1cc(COCC[18F])nn1. The Balaban J connectivity index is 1.82. The zero-order valence-corrected chi connectivity index (χ0v) is 16.6. The number of hydrogen-bond donors (Lipinski definition) is 1. The van der Waals surface area contributed by atoms with Crippen LogP contribution in [0.2, 0.25) is 0 Å². The summed E-state index contributed by atoms with van der Waals surface area (Å²) in [6.45, 7) is 0.840. The van der Waals surface area contributed by atoms with Gasteiger partial charge in [-0.2, -0.15) is 0 Å². The second-order valence-corrected chi connectivity index (χ2v) is 7.10. The summed E-state index contributed by atoms with van der Waals surface area (Å²) in [5.41, 5.74) is 0.755. The van der Waals surface area contributed by atoms with E-state index in [-0.39, 0.29) is 6.61 Å². The van der Waals surface area contributed by atoms with E-state index in [9.17, 15) is 9.18 Å². The van der Waals surface area contributed by atoms with Crippen molar-refractivity contribution in [3.63, 3.8) is 0 Å². The molecule has 0 spiro atoms. The van der Waals surface area contributed by atoms with Crippen molar-refractivity contribution in [1.82, 2.24) is 15.0 Å². The Morgan fingerprint density at radius 2 is 1.52 bits per heavy atom. The molecule has 0 saturated heterocycles. The first-order valence-electron chi connectivity index (χ1n) is 10.5. The van der Waals surface area contributed by atoms with Crippen LogP contribution in [0.15, 0.2) is 6.20 Å². The monoisotopic (exact) mass is 384 g/mol. The first-order chi connectivity index (χ1) is 13.2. The lowest BCUT2D eigenvalue weighted by Gasteiger charge is -2.03. The van der Waals surface area contributed by atoms with Gasteiger partial charge in [0.25, 0.3) is 0 Å². The van der Waals surface area contributed by atoms with E-state index in [1.54, 1.807) is 0 Å². The third-order valence-corrected chi connectivity index (χ3v) is 4.59. The number of nitrogens with zero attached hydrogens (tertiary/aromatic N) is 3. The van der Waals surface area contributed by atoms with Gasteiger partial charge in [0.05, 0.1) is 19.4 Å². The molecule has 0 aliphatic rings. The Morgan fingerprint density at radius 3 is 2.07 bits per heavy atom. The number of hydrogen-bond acceptors (Lipinski definition) is 4. The maximum atomic E-state index is 12.0. The van der Waals surface area contributed by atoms with E-state index in [0.717, 1.165) is 31.5 Å². The second-order valence-electron chi connectivity index (χ2n) is 7.10. The molecule has 6 nitrogen and oxygen atoms in total. The van der Waals surface area contributed by atoms with E-state index in [2.05, 4.69) is 10.3 Å². The number of carboxylic acid groups (broad SMARTS) is 1. The highest BCUT2D eigenvalue weighted by atomic mass is 18.2. The topological polar surface area (TPSA) is 77.2 Å². The number of aryl methyl sites for hydroxylation is 1. The van der Waals surface area contributed by atoms with Crippen LogP contribution < -0.4 is 0 Å². The second kappa shape index (κ2) is 16.7. The van der Waals surface area contributed by atoms with Gasteiger partial charge in [0.15, 0.2) is 0 Å². The van der Waals surface area contributed by atoms with Crippen LogP contribution in [0.1, 0.15) is 89.2 Å². The summed E-state index contributed by atoms with van der Waals surface area (Å²) in [5.74, 6) is -0.680. The molecule has 0 radical (unpaired) electrons. The molecule has 0 bridgehead atoms. The molecule has 0 unspecified atom stereocenters. The number of carbonyl (C=O) groups is 1. The molecule has 0 saturated carbocycles. The zero-order valence-electron chi connectivity index (χ0n) is 16.6. The average molecular weight is 385 g/mol.